The van der Waals surface area contributed by atoms with Crippen LogP contribution in [0.2, 0.25) is 0 Å². The molecule has 35 heavy (non-hydrogen) atoms. The average molecular weight is 487 g/mol. The molecule has 0 radical (unpaired) electrons. The predicted octanol–water partition coefficient (Wildman–Crippen LogP) is 8.02. The summed E-state index contributed by atoms with van der Waals surface area (Å²) in [4.78, 5) is 0.881. The van der Waals surface area contributed by atoms with Crippen molar-refractivity contribution in [3.63, 3.8) is 0 Å². The molecule has 0 atom stereocenters. The van der Waals surface area contributed by atoms with E-state index in [9.17, 15) is 9.50 Å². The summed E-state index contributed by atoms with van der Waals surface area (Å²) in [6.07, 6.45) is 5.42. The van der Waals surface area contributed by atoms with Gasteiger partial charge in [0.15, 0.2) is 5.75 Å². The van der Waals surface area contributed by atoms with Crippen LogP contribution >= 0.6 is 11.3 Å². The number of aryl methyl sites for hydroxylation is 2. The molecule has 176 valence electrons. The quantitative estimate of drug-likeness (QED) is 0.252. The molecule has 0 amide bonds. The number of thiophene rings is 1. The van der Waals surface area contributed by atoms with Crippen molar-refractivity contribution in [1.29, 1.82) is 0 Å². The lowest BCUT2D eigenvalue weighted by Gasteiger charge is -2.10. The van der Waals surface area contributed by atoms with E-state index in [-0.39, 0.29) is 11.6 Å². The molecule has 7 heteroatoms. The first kappa shape index (κ1) is 22.8. The summed E-state index contributed by atoms with van der Waals surface area (Å²) in [7, 11) is 0. The first-order valence-corrected chi connectivity index (χ1v) is 12.1. The van der Waals surface area contributed by atoms with Crippen LogP contribution < -0.4 is 4.74 Å². The van der Waals surface area contributed by atoms with E-state index >= 15 is 0 Å². The number of phenols is 1. The summed E-state index contributed by atoms with van der Waals surface area (Å²) < 4.78 is 26.6. The topological polar surface area (TPSA) is 68.4 Å². The zero-order chi connectivity index (χ0) is 24.4. The van der Waals surface area contributed by atoms with E-state index in [0.717, 1.165) is 44.5 Å². The smallest absolute Gasteiger partial charge is 0.240 e. The van der Waals surface area contributed by atoms with Gasteiger partial charge in [-0.2, -0.15) is 0 Å². The minimum Gasteiger partial charge on any atom is -0.508 e. The molecule has 0 aliphatic carbocycles. The molecule has 1 N–H and O–H groups in total. The van der Waals surface area contributed by atoms with Crippen molar-refractivity contribution in [2.75, 3.05) is 0 Å². The largest absolute Gasteiger partial charge is 0.508 e. The number of fused-ring (bicyclic) bond motifs is 1. The van der Waals surface area contributed by atoms with Crippen LogP contribution in [0.25, 0.3) is 32.7 Å². The van der Waals surface area contributed by atoms with E-state index in [2.05, 4.69) is 17.1 Å². The number of benzene rings is 3. The van der Waals surface area contributed by atoms with Crippen molar-refractivity contribution in [2.45, 2.75) is 26.7 Å². The molecule has 0 unspecified atom stereocenters. The van der Waals surface area contributed by atoms with E-state index in [1.807, 2.05) is 43.3 Å². The number of hydrogen-bond donors (Lipinski definition) is 1. The Labute approximate surface area is 206 Å². The lowest BCUT2D eigenvalue weighted by Crippen LogP contribution is -1.88. The van der Waals surface area contributed by atoms with Crippen LogP contribution in [0, 0.1) is 12.7 Å². The van der Waals surface area contributed by atoms with Gasteiger partial charge in [0.2, 0.25) is 11.8 Å². The van der Waals surface area contributed by atoms with Gasteiger partial charge in [-0.3, -0.25) is 0 Å². The fraction of sp³-hybridized carbons (Fsp3) is 0.143. The number of aromatic nitrogens is 2. The van der Waals surface area contributed by atoms with Gasteiger partial charge in [-0.25, -0.2) is 4.39 Å². The number of rotatable bonds is 7. The van der Waals surface area contributed by atoms with Crippen LogP contribution in [0.4, 0.5) is 4.39 Å². The fourth-order valence-electron chi connectivity index (χ4n) is 3.80. The van der Waals surface area contributed by atoms with Gasteiger partial charge in [-0.15, -0.1) is 21.5 Å². The van der Waals surface area contributed by atoms with Crippen molar-refractivity contribution in [2.24, 2.45) is 0 Å². The number of nitrogens with zero attached hydrogens (tertiary/aromatic N) is 2. The zero-order valence-corrected chi connectivity index (χ0v) is 20.1. The zero-order valence-electron chi connectivity index (χ0n) is 19.3. The van der Waals surface area contributed by atoms with Crippen LogP contribution in [0.15, 0.2) is 65.1 Å². The molecular formula is C28H23FN2O3S. The number of ether oxygens (including phenoxy) is 1. The Bertz CT molecular complexity index is 1520. The van der Waals surface area contributed by atoms with Crippen molar-refractivity contribution >= 4 is 33.6 Å². The maximum absolute atomic E-state index is 13.7. The highest BCUT2D eigenvalue weighted by atomic mass is 32.1. The Kier molecular flexibility index (Phi) is 6.33. The fourth-order valence-corrected chi connectivity index (χ4v) is 5.06. The van der Waals surface area contributed by atoms with E-state index in [0.29, 0.717) is 23.3 Å². The highest BCUT2D eigenvalue weighted by Crippen LogP contribution is 2.48. The molecule has 0 spiro atoms. The van der Waals surface area contributed by atoms with Gasteiger partial charge >= 0.3 is 0 Å². The Morgan fingerprint density at radius 1 is 1.03 bits per heavy atom. The summed E-state index contributed by atoms with van der Waals surface area (Å²) in [5, 5.41) is 18.9. The Morgan fingerprint density at radius 2 is 1.86 bits per heavy atom. The molecule has 2 heterocycles. The van der Waals surface area contributed by atoms with Gasteiger partial charge in [0.25, 0.3) is 0 Å². The van der Waals surface area contributed by atoms with Crippen molar-refractivity contribution in [1.82, 2.24) is 10.2 Å². The molecule has 0 bridgehead atoms. The molecule has 3 aromatic carbocycles. The van der Waals surface area contributed by atoms with Gasteiger partial charge < -0.3 is 14.3 Å². The summed E-state index contributed by atoms with van der Waals surface area (Å²) in [5.41, 5.74) is 2.67. The predicted molar refractivity (Wildman–Crippen MR) is 137 cm³/mol. The van der Waals surface area contributed by atoms with Crippen molar-refractivity contribution in [3.05, 3.63) is 89.4 Å². The molecule has 0 fully saturated rings. The summed E-state index contributed by atoms with van der Waals surface area (Å²) in [6, 6.07) is 17.6. The summed E-state index contributed by atoms with van der Waals surface area (Å²) >= 11 is 1.50. The molecule has 5 rings (SSSR count). The van der Waals surface area contributed by atoms with Gasteiger partial charge in [0.05, 0.1) is 4.88 Å². The highest BCUT2D eigenvalue weighted by molar-refractivity contribution is 7.22. The number of hydrogen-bond acceptors (Lipinski definition) is 6. The van der Waals surface area contributed by atoms with E-state index < -0.39 is 0 Å². The minimum atomic E-state index is -0.279. The Morgan fingerprint density at radius 3 is 2.63 bits per heavy atom. The van der Waals surface area contributed by atoms with E-state index in [1.54, 1.807) is 24.3 Å². The SMILES string of the molecule is CCCc1nnc(C=Cc2ccc(Oc3c(-c4ccc(F)cc4C)sc4cc(O)ccc34)cc2)o1. The molecular weight excluding hydrogens is 463 g/mol. The van der Waals surface area contributed by atoms with Gasteiger partial charge in [0.1, 0.15) is 17.3 Å². The van der Waals surface area contributed by atoms with Crippen LogP contribution in [-0.2, 0) is 6.42 Å². The molecule has 0 saturated carbocycles. The summed E-state index contributed by atoms with van der Waals surface area (Å²) in [6.45, 7) is 3.94. The first-order valence-electron chi connectivity index (χ1n) is 11.3. The van der Waals surface area contributed by atoms with Crippen molar-refractivity contribution in [3.8, 4) is 27.7 Å². The van der Waals surface area contributed by atoms with E-state index in [1.165, 1.54) is 23.5 Å². The van der Waals surface area contributed by atoms with Crippen LogP contribution in [-0.4, -0.2) is 15.3 Å². The standard InChI is InChI=1S/C28H23FN2O3S/c1-3-4-25-30-31-26(34-25)14-7-18-5-10-21(11-6-18)33-27-23-13-9-20(32)16-24(23)35-28(27)22-12-8-19(29)15-17(22)2/h5-16,32H,3-4H2,1-2H3. The van der Waals surface area contributed by atoms with Crippen LogP contribution in [0.5, 0.6) is 17.2 Å². The number of halogens is 1. The second-order valence-corrected chi connectivity index (χ2v) is 9.24. The number of phenolic OH excluding ortho intramolecular Hbond substituents is 1. The van der Waals surface area contributed by atoms with Crippen LogP contribution in [0.1, 0.15) is 36.3 Å². The van der Waals surface area contributed by atoms with Crippen molar-refractivity contribution < 1.29 is 18.7 Å². The normalized spacial score (nSPS) is 11.5. The maximum Gasteiger partial charge on any atom is 0.240 e. The highest BCUT2D eigenvalue weighted by Gasteiger charge is 2.18. The lowest BCUT2D eigenvalue weighted by atomic mass is 10.1. The van der Waals surface area contributed by atoms with Gasteiger partial charge in [-0.1, -0.05) is 25.1 Å². The second-order valence-electron chi connectivity index (χ2n) is 8.19. The first-order chi connectivity index (χ1) is 17.0. The monoisotopic (exact) mass is 486 g/mol. The molecule has 0 aliphatic heterocycles. The van der Waals surface area contributed by atoms with Gasteiger partial charge in [0, 0.05) is 22.6 Å². The third-order valence-electron chi connectivity index (χ3n) is 5.53. The Balaban J connectivity index is 1.44. The van der Waals surface area contributed by atoms with Crippen LogP contribution in [0.3, 0.4) is 0 Å². The Hall–Kier alpha value is -3.97. The number of aromatic hydroxyl groups is 1. The molecule has 5 aromatic rings. The molecule has 0 aliphatic rings. The molecule has 2 aromatic heterocycles. The maximum atomic E-state index is 13.7. The van der Waals surface area contributed by atoms with E-state index in [4.69, 9.17) is 9.15 Å². The third kappa shape index (κ3) is 4.95. The lowest BCUT2D eigenvalue weighted by molar-refractivity contribution is 0.476. The van der Waals surface area contributed by atoms with Gasteiger partial charge in [-0.05, 0) is 78.6 Å². The molecule has 0 saturated heterocycles. The third-order valence-corrected chi connectivity index (χ3v) is 6.69. The second kappa shape index (κ2) is 9.72. The summed E-state index contributed by atoms with van der Waals surface area (Å²) in [5.74, 6) is 2.36. The molecule has 5 nitrogen and oxygen atoms in total. The average Bonchev–Trinajstić information content (AvgIpc) is 3.43. The minimum absolute atomic E-state index is 0.187.